The summed E-state index contributed by atoms with van der Waals surface area (Å²) in [6.07, 6.45) is 5.80. The van der Waals surface area contributed by atoms with Crippen LogP contribution >= 0.6 is 0 Å². The summed E-state index contributed by atoms with van der Waals surface area (Å²) in [7, 11) is 3.75. The van der Waals surface area contributed by atoms with Crippen LogP contribution < -0.4 is 5.32 Å². The number of ether oxygens (including phenoxy) is 1. The fourth-order valence-corrected chi connectivity index (χ4v) is 3.34. The van der Waals surface area contributed by atoms with Gasteiger partial charge in [-0.2, -0.15) is 0 Å². The highest BCUT2D eigenvalue weighted by Gasteiger charge is 2.40. The van der Waals surface area contributed by atoms with Crippen molar-refractivity contribution in [2.45, 2.75) is 50.7 Å². The second-order valence-electron chi connectivity index (χ2n) is 5.56. The van der Waals surface area contributed by atoms with Crippen molar-refractivity contribution in [3.63, 3.8) is 0 Å². The van der Waals surface area contributed by atoms with E-state index in [4.69, 9.17) is 4.74 Å². The molecule has 2 rings (SSSR count). The lowest BCUT2D eigenvalue weighted by atomic mass is 9.76. The maximum absolute atomic E-state index is 13.4. The largest absolute Gasteiger partial charge is 0.376 e. The normalized spacial score (nSPS) is 20.2. The molecular weight excluding hydrogens is 241 g/mol. The summed E-state index contributed by atoms with van der Waals surface area (Å²) < 4.78 is 19.3. The first kappa shape index (κ1) is 14.5. The first-order valence-corrected chi connectivity index (χ1v) is 7.11. The molecule has 1 atom stereocenters. The molecule has 0 aromatic heterocycles. The number of rotatable bonds is 4. The summed E-state index contributed by atoms with van der Waals surface area (Å²) in [5, 5.41) is 3.38. The molecule has 1 unspecified atom stereocenters. The zero-order valence-electron chi connectivity index (χ0n) is 12.1. The third-order valence-electron chi connectivity index (χ3n) is 4.44. The first-order valence-electron chi connectivity index (χ1n) is 7.11. The van der Waals surface area contributed by atoms with Crippen molar-refractivity contribution in [2.24, 2.45) is 0 Å². The van der Waals surface area contributed by atoms with Crippen molar-refractivity contribution >= 4 is 0 Å². The van der Waals surface area contributed by atoms with Crippen molar-refractivity contribution in [1.29, 1.82) is 0 Å². The molecule has 0 heterocycles. The van der Waals surface area contributed by atoms with Crippen LogP contribution in [0.5, 0.6) is 0 Å². The minimum absolute atomic E-state index is 0.122. The summed E-state index contributed by atoms with van der Waals surface area (Å²) in [4.78, 5) is 0. The molecule has 1 saturated carbocycles. The Morgan fingerprint density at radius 2 is 1.95 bits per heavy atom. The highest BCUT2D eigenvalue weighted by Crippen LogP contribution is 2.41. The van der Waals surface area contributed by atoms with E-state index in [2.05, 4.69) is 5.32 Å². The van der Waals surface area contributed by atoms with E-state index in [1.807, 2.05) is 26.1 Å². The van der Waals surface area contributed by atoms with E-state index in [9.17, 15) is 4.39 Å². The van der Waals surface area contributed by atoms with Crippen LogP contribution in [0.4, 0.5) is 4.39 Å². The van der Waals surface area contributed by atoms with Crippen LogP contribution in [0.25, 0.3) is 0 Å². The van der Waals surface area contributed by atoms with Gasteiger partial charge >= 0.3 is 0 Å². The minimum Gasteiger partial charge on any atom is -0.376 e. The standard InChI is InChI=1S/C16H24FNO/c1-12-11-13(7-8-14(12)17)15(18-2)16(19-3)9-5-4-6-10-16/h7-8,11,15,18H,4-6,9-10H2,1-3H3. The highest BCUT2D eigenvalue weighted by molar-refractivity contribution is 5.29. The Morgan fingerprint density at radius 3 is 2.47 bits per heavy atom. The molecule has 3 heteroatoms. The average Bonchev–Trinajstić information content (AvgIpc) is 2.44. The summed E-state index contributed by atoms with van der Waals surface area (Å²) in [6, 6.07) is 5.49. The van der Waals surface area contributed by atoms with Crippen molar-refractivity contribution < 1.29 is 9.13 Å². The molecule has 1 aliphatic rings. The first-order chi connectivity index (χ1) is 9.13. The molecule has 0 radical (unpaired) electrons. The summed E-state index contributed by atoms with van der Waals surface area (Å²) in [5.74, 6) is -0.145. The smallest absolute Gasteiger partial charge is 0.126 e. The van der Waals surface area contributed by atoms with Gasteiger partial charge in [0.1, 0.15) is 5.82 Å². The lowest BCUT2D eigenvalue weighted by Crippen LogP contribution is -2.46. The fourth-order valence-electron chi connectivity index (χ4n) is 3.34. The van der Waals surface area contributed by atoms with E-state index in [1.165, 1.54) is 19.3 Å². The molecule has 1 fully saturated rings. The molecule has 2 nitrogen and oxygen atoms in total. The van der Waals surface area contributed by atoms with Crippen LogP contribution in [-0.4, -0.2) is 19.8 Å². The summed E-state index contributed by atoms with van der Waals surface area (Å²) >= 11 is 0. The minimum atomic E-state index is -0.155. The number of halogens is 1. The lowest BCUT2D eigenvalue weighted by Gasteiger charge is -2.42. The second kappa shape index (κ2) is 6.02. The quantitative estimate of drug-likeness (QED) is 0.895. The van der Waals surface area contributed by atoms with Gasteiger partial charge in [-0.1, -0.05) is 31.4 Å². The molecule has 1 N–H and O–H groups in total. The van der Waals surface area contributed by atoms with E-state index >= 15 is 0 Å². The fraction of sp³-hybridized carbons (Fsp3) is 0.625. The molecule has 106 valence electrons. The molecule has 1 aliphatic carbocycles. The van der Waals surface area contributed by atoms with Crippen molar-refractivity contribution in [1.82, 2.24) is 5.32 Å². The molecule has 0 amide bonds. The van der Waals surface area contributed by atoms with Gasteiger partial charge in [0.05, 0.1) is 11.6 Å². The Labute approximate surface area is 115 Å². The third kappa shape index (κ3) is 2.82. The van der Waals surface area contributed by atoms with Gasteiger partial charge < -0.3 is 10.1 Å². The van der Waals surface area contributed by atoms with Gasteiger partial charge in [-0.25, -0.2) is 4.39 Å². The molecular formula is C16H24FNO. The monoisotopic (exact) mass is 265 g/mol. The van der Waals surface area contributed by atoms with Crippen molar-refractivity contribution in [2.75, 3.05) is 14.2 Å². The lowest BCUT2D eigenvalue weighted by molar-refractivity contribution is -0.0671. The molecule has 0 bridgehead atoms. The van der Waals surface area contributed by atoms with E-state index in [0.717, 1.165) is 18.4 Å². The van der Waals surface area contributed by atoms with Gasteiger partial charge in [0.25, 0.3) is 0 Å². The van der Waals surface area contributed by atoms with E-state index < -0.39 is 0 Å². The van der Waals surface area contributed by atoms with Gasteiger partial charge in [0, 0.05) is 7.11 Å². The van der Waals surface area contributed by atoms with Crippen LogP contribution in [0, 0.1) is 12.7 Å². The predicted octanol–water partition coefficient (Wildman–Crippen LogP) is 3.74. The topological polar surface area (TPSA) is 21.3 Å². The van der Waals surface area contributed by atoms with Crippen molar-refractivity contribution in [3.05, 3.63) is 35.1 Å². The van der Waals surface area contributed by atoms with Gasteiger partial charge in [0.2, 0.25) is 0 Å². The predicted molar refractivity (Wildman–Crippen MR) is 75.8 cm³/mol. The molecule has 1 aromatic carbocycles. The van der Waals surface area contributed by atoms with Gasteiger partial charge in [-0.05, 0) is 44.0 Å². The van der Waals surface area contributed by atoms with Crippen LogP contribution in [0.2, 0.25) is 0 Å². The Morgan fingerprint density at radius 1 is 1.26 bits per heavy atom. The van der Waals surface area contributed by atoms with Gasteiger partial charge in [-0.15, -0.1) is 0 Å². The Balaban J connectivity index is 2.33. The Kier molecular flexibility index (Phi) is 4.58. The molecule has 1 aromatic rings. The number of hydrogen-bond acceptors (Lipinski definition) is 2. The molecule has 0 aliphatic heterocycles. The second-order valence-corrected chi connectivity index (χ2v) is 5.56. The van der Waals surface area contributed by atoms with Crippen LogP contribution in [0.15, 0.2) is 18.2 Å². The van der Waals surface area contributed by atoms with Gasteiger partial charge in [0.15, 0.2) is 0 Å². The van der Waals surface area contributed by atoms with E-state index in [0.29, 0.717) is 5.56 Å². The number of methoxy groups -OCH3 is 1. The summed E-state index contributed by atoms with van der Waals surface area (Å²) in [6.45, 7) is 1.81. The van der Waals surface area contributed by atoms with Crippen LogP contribution in [0.3, 0.4) is 0 Å². The maximum Gasteiger partial charge on any atom is 0.126 e. The van der Waals surface area contributed by atoms with E-state index in [1.54, 1.807) is 13.2 Å². The van der Waals surface area contributed by atoms with Gasteiger partial charge in [-0.3, -0.25) is 0 Å². The van der Waals surface area contributed by atoms with Crippen molar-refractivity contribution in [3.8, 4) is 0 Å². The average molecular weight is 265 g/mol. The zero-order valence-corrected chi connectivity index (χ0v) is 12.1. The highest BCUT2D eigenvalue weighted by atomic mass is 19.1. The molecule has 19 heavy (non-hydrogen) atoms. The number of hydrogen-bond donors (Lipinski definition) is 1. The number of nitrogens with one attached hydrogen (secondary N) is 1. The number of likely N-dealkylation sites (N-methyl/N-ethyl adjacent to an activating group) is 1. The summed E-state index contributed by atoms with van der Waals surface area (Å²) in [5.41, 5.74) is 1.65. The molecule has 0 spiro atoms. The number of aryl methyl sites for hydroxylation is 1. The molecule has 0 saturated heterocycles. The SMILES string of the molecule is CNC(c1ccc(F)c(C)c1)C1(OC)CCCCC1. The zero-order chi connectivity index (χ0) is 13.9. The van der Waals surface area contributed by atoms with E-state index in [-0.39, 0.29) is 17.5 Å². The Bertz CT molecular complexity index is 427. The maximum atomic E-state index is 13.4. The number of benzene rings is 1. The van der Waals surface area contributed by atoms with Crippen LogP contribution in [-0.2, 0) is 4.74 Å². The Hall–Kier alpha value is -0.930. The third-order valence-corrected chi connectivity index (χ3v) is 4.44. The van der Waals surface area contributed by atoms with Crippen LogP contribution in [0.1, 0.15) is 49.3 Å².